The fourth-order valence-corrected chi connectivity index (χ4v) is 1.97. The first-order valence-corrected chi connectivity index (χ1v) is 5.04. The molecule has 1 aliphatic rings. The predicted octanol–water partition coefficient (Wildman–Crippen LogP) is 0.353. The lowest BCUT2D eigenvalue weighted by Crippen LogP contribution is -2.15. The van der Waals surface area contributed by atoms with Crippen LogP contribution >= 0.6 is 0 Å². The maximum absolute atomic E-state index is 9.42. The molecule has 0 spiro atoms. The molecule has 3 rings (SSSR count). The highest BCUT2D eigenvalue weighted by atomic mass is 16.3. The minimum absolute atomic E-state index is 0.132. The standard InChI is InChI=1S/C10H12N4O/c15-6-3-8(12-4-6)10-13-7-1-2-11-5-9(7)14-10/h1-2,5-6,8,12,15H,3-4H2,(H,13,14). The first kappa shape index (κ1) is 8.82. The van der Waals surface area contributed by atoms with Crippen LogP contribution in [-0.2, 0) is 0 Å². The van der Waals surface area contributed by atoms with Gasteiger partial charge in [-0.2, -0.15) is 0 Å². The van der Waals surface area contributed by atoms with Crippen LogP contribution in [-0.4, -0.2) is 32.7 Å². The van der Waals surface area contributed by atoms with Gasteiger partial charge in [-0.05, 0) is 12.5 Å². The number of rotatable bonds is 1. The zero-order chi connectivity index (χ0) is 10.3. The van der Waals surface area contributed by atoms with E-state index in [-0.39, 0.29) is 12.1 Å². The largest absolute Gasteiger partial charge is 0.392 e. The Morgan fingerprint density at radius 2 is 2.40 bits per heavy atom. The summed E-state index contributed by atoms with van der Waals surface area (Å²) in [6.07, 6.45) is 3.94. The van der Waals surface area contributed by atoms with E-state index in [1.807, 2.05) is 6.07 Å². The number of nitrogens with zero attached hydrogens (tertiary/aromatic N) is 2. The number of pyridine rings is 1. The number of aromatic nitrogens is 3. The molecule has 1 fully saturated rings. The SMILES string of the molecule is OC1CNC(c2nc3ccncc3[nH]2)C1. The summed E-state index contributed by atoms with van der Waals surface area (Å²) in [5.41, 5.74) is 1.86. The van der Waals surface area contributed by atoms with E-state index in [2.05, 4.69) is 20.3 Å². The van der Waals surface area contributed by atoms with Crippen LogP contribution in [0.3, 0.4) is 0 Å². The highest BCUT2D eigenvalue weighted by Gasteiger charge is 2.25. The number of nitrogens with one attached hydrogen (secondary N) is 2. The maximum Gasteiger partial charge on any atom is 0.124 e. The van der Waals surface area contributed by atoms with Crippen LogP contribution in [0.15, 0.2) is 18.5 Å². The average molecular weight is 204 g/mol. The molecule has 15 heavy (non-hydrogen) atoms. The van der Waals surface area contributed by atoms with Gasteiger partial charge in [0.2, 0.25) is 0 Å². The summed E-state index contributed by atoms with van der Waals surface area (Å²) >= 11 is 0. The van der Waals surface area contributed by atoms with Gasteiger partial charge < -0.3 is 15.4 Å². The average Bonchev–Trinajstić information content (AvgIpc) is 2.82. The van der Waals surface area contributed by atoms with Gasteiger partial charge in [0, 0.05) is 12.7 Å². The first-order valence-electron chi connectivity index (χ1n) is 5.04. The third-order valence-electron chi connectivity index (χ3n) is 2.74. The molecule has 1 aliphatic heterocycles. The Morgan fingerprint density at radius 1 is 1.47 bits per heavy atom. The van der Waals surface area contributed by atoms with Crippen molar-refractivity contribution in [2.75, 3.05) is 6.54 Å². The van der Waals surface area contributed by atoms with Crippen molar-refractivity contribution in [2.24, 2.45) is 0 Å². The quantitative estimate of drug-likeness (QED) is 0.626. The molecule has 0 saturated carbocycles. The summed E-state index contributed by atoms with van der Waals surface area (Å²) in [6.45, 7) is 0.639. The Kier molecular flexibility index (Phi) is 1.93. The van der Waals surface area contributed by atoms with E-state index in [1.54, 1.807) is 12.4 Å². The molecule has 1 saturated heterocycles. The summed E-state index contributed by atoms with van der Waals surface area (Å²) in [6, 6.07) is 2.01. The lowest BCUT2D eigenvalue weighted by Gasteiger charge is -2.04. The number of fused-ring (bicyclic) bond motifs is 1. The van der Waals surface area contributed by atoms with Gasteiger partial charge in [0.05, 0.1) is 29.4 Å². The molecule has 0 aromatic carbocycles. The normalized spacial score (nSPS) is 26.2. The predicted molar refractivity (Wildman–Crippen MR) is 55.3 cm³/mol. The Hall–Kier alpha value is -1.46. The molecule has 0 bridgehead atoms. The Balaban J connectivity index is 1.98. The van der Waals surface area contributed by atoms with Gasteiger partial charge in [-0.3, -0.25) is 4.98 Å². The molecule has 3 N–H and O–H groups in total. The molecular weight excluding hydrogens is 192 g/mol. The van der Waals surface area contributed by atoms with Crippen molar-refractivity contribution in [1.82, 2.24) is 20.3 Å². The molecule has 2 unspecified atom stereocenters. The number of β-amino-alcohol motifs (C(OH)–C–C–N with tert-alkyl or cyclic N) is 1. The molecule has 0 aliphatic carbocycles. The molecule has 2 aromatic heterocycles. The van der Waals surface area contributed by atoms with E-state index < -0.39 is 0 Å². The highest BCUT2D eigenvalue weighted by Crippen LogP contribution is 2.22. The van der Waals surface area contributed by atoms with E-state index in [4.69, 9.17) is 0 Å². The molecule has 5 heteroatoms. The van der Waals surface area contributed by atoms with Crippen LogP contribution in [0.5, 0.6) is 0 Å². The van der Waals surface area contributed by atoms with E-state index in [9.17, 15) is 5.11 Å². The number of aliphatic hydroxyl groups is 1. The molecule has 5 nitrogen and oxygen atoms in total. The van der Waals surface area contributed by atoms with Gasteiger partial charge in [0.1, 0.15) is 5.82 Å². The zero-order valence-corrected chi connectivity index (χ0v) is 8.14. The van der Waals surface area contributed by atoms with Gasteiger partial charge in [0.25, 0.3) is 0 Å². The van der Waals surface area contributed by atoms with Crippen molar-refractivity contribution >= 4 is 11.0 Å². The Morgan fingerprint density at radius 3 is 3.13 bits per heavy atom. The van der Waals surface area contributed by atoms with Crippen molar-refractivity contribution in [3.63, 3.8) is 0 Å². The minimum Gasteiger partial charge on any atom is -0.392 e. The second kappa shape index (κ2) is 3.29. The molecule has 78 valence electrons. The monoisotopic (exact) mass is 204 g/mol. The van der Waals surface area contributed by atoms with Crippen molar-refractivity contribution < 1.29 is 5.11 Å². The van der Waals surface area contributed by atoms with Crippen molar-refractivity contribution in [1.29, 1.82) is 0 Å². The zero-order valence-electron chi connectivity index (χ0n) is 8.14. The third-order valence-corrected chi connectivity index (χ3v) is 2.74. The number of hydrogen-bond donors (Lipinski definition) is 3. The molecule has 2 aromatic rings. The summed E-state index contributed by atoms with van der Waals surface area (Å²) < 4.78 is 0. The van der Waals surface area contributed by atoms with Crippen LogP contribution in [0.4, 0.5) is 0 Å². The molecule has 3 heterocycles. The van der Waals surface area contributed by atoms with Crippen LogP contribution in [0.25, 0.3) is 11.0 Å². The second-order valence-corrected chi connectivity index (χ2v) is 3.87. The minimum atomic E-state index is -0.263. The number of imidazole rings is 1. The molecular formula is C10H12N4O. The Labute approximate surface area is 86.6 Å². The lowest BCUT2D eigenvalue weighted by molar-refractivity contribution is 0.193. The van der Waals surface area contributed by atoms with Gasteiger partial charge in [0.15, 0.2) is 0 Å². The molecule has 0 amide bonds. The fourth-order valence-electron chi connectivity index (χ4n) is 1.97. The number of aromatic amines is 1. The number of aliphatic hydroxyl groups excluding tert-OH is 1. The van der Waals surface area contributed by atoms with Crippen LogP contribution < -0.4 is 5.32 Å². The smallest absolute Gasteiger partial charge is 0.124 e. The van der Waals surface area contributed by atoms with E-state index in [0.717, 1.165) is 16.9 Å². The Bertz CT molecular complexity index is 448. The van der Waals surface area contributed by atoms with Crippen LogP contribution in [0.1, 0.15) is 18.3 Å². The topological polar surface area (TPSA) is 73.8 Å². The van der Waals surface area contributed by atoms with Gasteiger partial charge in [-0.15, -0.1) is 0 Å². The summed E-state index contributed by atoms with van der Waals surface area (Å²) in [4.78, 5) is 11.7. The fraction of sp³-hybridized carbons (Fsp3) is 0.400. The highest BCUT2D eigenvalue weighted by molar-refractivity contribution is 5.73. The van der Waals surface area contributed by atoms with E-state index >= 15 is 0 Å². The van der Waals surface area contributed by atoms with Gasteiger partial charge in [-0.1, -0.05) is 0 Å². The van der Waals surface area contributed by atoms with E-state index in [1.165, 1.54) is 0 Å². The second-order valence-electron chi connectivity index (χ2n) is 3.87. The maximum atomic E-state index is 9.42. The molecule has 0 radical (unpaired) electrons. The summed E-state index contributed by atoms with van der Waals surface area (Å²) in [5.74, 6) is 0.884. The third kappa shape index (κ3) is 1.49. The van der Waals surface area contributed by atoms with E-state index in [0.29, 0.717) is 13.0 Å². The first-order chi connectivity index (χ1) is 7.33. The number of hydrogen-bond acceptors (Lipinski definition) is 4. The van der Waals surface area contributed by atoms with Crippen molar-refractivity contribution in [2.45, 2.75) is 18.6 Å². The summed E-state index contributed by atoms with van der Waals surface area (Å²) in [5, 5.41) is 12.6. The summed E-state index contributed by atoms with van der Waals surface area (Å²) in [7, 11) is 0. The molecule has 2 atom stereocenters. The van der Waals surface area contributed by atoms with Gasteiger partial charge in [-0.25, -0.2) is 4.98 Å². The van der Waals surface area contributed by atoms with Crippen molar-refractivity contribution in [3.05, 3.63) is 24.3 Å². The van der Waals surface area contributed by atoms with Crippen molar-refractivity contribution in [3.8, 4) is 0 Å². The van der Waals surface area contributed by atoms with Crippen LogP contribution in [0, 0.1) is 0 Å². The lowest BCUT2D eigenvalue weighted by atomic mass is 10.2. The number of H-pyrrole nitrogens is 1. The van der Waals surface area contributed by atoms with Crippen LogP contribution in [0.2, 0.25) is 0 Å². The van der Waals surface area contributed by atoms with Gasteiger partial charge >= 0.3 is 0 Å².